The van der Waals surface area contributed by atoms with Crippen molar-refractivity contribution in [2.45, 2.75) is 36.7 Å². The Morgan fingerprint density at radius 1 is 1.43 bits per heavy atom. The number of carbonyl (C=O) groups is 1. The number of nitrogens with zero attached hydrogens (tertiary/aromatic N) is 1. The lowest BCUT2D eigenvalue weighted by atomic mass is 9.86. The van der Waals surface area contributed by atoms with Gasteiger partial charge in [0.25, 0.3) is 0 Å². The highest BCUT2D eigenvalue weighted by atomic mass is 32.2. The Morgan fingerprint density at radius 2 is 2.19 bits per heavy atom. The molecule has 0 spiro atoms. The number of anilines is 1. The number of nitrogens with one attached hydrogen (secondary N) is 1. The lowest BCUT2D eigenvalue weighted by Gasteiger charge is -2.31. The topological polar surface area (TPSA) is 52.6 Å². The molecule has 0 aliphatic heterocycles. The van der Waals surface area contributed by atoms with Gasteiger partial charge in [0.2, 0.25) is 0 Å². The maximum Gasteiger partial charge on any atom is 0.321 e. The molecule has 5 heteroatoms. The molecule has 0 heterocycles. The standard InChI is InChI=1S/C16H24N2O2S/c1-18(11-12-6-3-4-9-15(12)19)16(20)17-13-7-5-8-14(10-13)21-2/h5,7-8,10,12,15,19H,3-4,6,9,11H2,1-2H3,(H,17,20). The van der Waals surface area contributed by atoms with Crippen LogP contribution in [-0.2, 0) is 0 Å². The third-order valence-corrected chi connectivity index (χ3v) is 4.77. The molecule has 116 valence electrons. The number of carbonyl (C=O) groups excluding carboxylic acids is 1. The van der Waals surface area contributed by atoms with E-state index in [0.29, 0.717) is 6.54 Å². The summed E-state index contributed by atoms with van der Waals surface area (Å²) in [6, 6.07) is 7.69. The average Bonchev–Trinajstić information content (AvgIpc) is 2.49. The van der Waals surface area contributed by atoms with Crippen LogP contribution in [0.5, 0.6) is 0 Å². The van der Waals surface area contributed by atoms with Crippen LogP contribution < -0.4 is 5.32 Å². The van der Waals surface area contributed by atoms with Crippen LogP contribution in [0.1, 0.15) is 25.7 Å². The number of hydrogen-bond donors (Lipinski definition) is 2. The van der Waals surface area contributed by atoms with Crippen molar-refractivity contribution in [1.29, 1.82) is 0 Å². The molecule has 4 nitrogen and oxygen atoms in total. The molecule has 1 aliphatic carbocycles. The molecule has 2 rings (SSSR count). The zero-order valence-electron chi connectivity index (χ0n) is 12.7. The average molecular weight is 308 g/mol. The second kappa shape index (κ2) is 7.71. The van der Waals surface area contributed by atoms with Gasteiger partial charge in [0.1, 0.15) is 0 Å². The van der Waals surface area contributed by atoms with Gasteiger partial charge in [-0.05, 0) is 37.3 Å². The summed E-state index contributed by atoms with van der Waals surface area (Å²) in [6.45, 7) is 0.606. The number of aliphatic hydroxyl groups is 1. The highest BCUT2D eigenvalue weighted by Gasteiger charge is 2.25. The Hall–Kier alpha value is -1.20. The van der Waals surface area contributed by atoms with Crippen molar-refractivity contribution < 1.29 is 9.90 Å². The SMILES string of the molecule is CSc1cccc(NC(=O)N(C)CC2CCCCC2O)c1. The van der Waals surface area contributed by atoms with Gasteiger partial charge >= 0.3 is 6.03 Å². The van der Waals surface area contributed by atoms with E-state index in [2.05, 4.69) is 5.32 Å². The zero-order valence-corrected chi connectivity index (χ0v) is 13.5. The first-order valence-corrected chi connectivity index (χ1v) is 8.67. The minimum Gasteiger partial charge on any atom is -0.393 e. The van der Waals surface area contributed by atoms with Crippen molar-refractivity contribution in [2.75, 3.05) is 25.2 Å². The van der Waals surface area contributed by atoms with E-state index >= 15 is 0 Å². The molecular weight excluding hydrogens is 284 g/mol. The van der Waals surface area contributed by atoms with Crippen molar-refractivity contribution in [3.05, 3.63) is 24.3 Å². The predicted molar refractivity (Wildman–Crippen MR) is 87.8 cm³/mol. The van der Waals surface area contributed by atoms with Crippen LogP contribution in [0.15, 0.2) is 29.2 Å². The van der Waals surface area contributed by atoms with Crippen molar-refractivity contribution >= 4 is 23.5 Å². The molecule has 2 amide bonds. The van der Waals surface area contributed by atoms with Crippen molar-refractivity contribution in [3.8, 4) is 0 Å². The first kappa shape index (κ1) is 16.2. The highest BCUT2D eigenvalue weighted by molar-refractivity contribution is 7.98. The number of aliphatic hydroxyl groups excluding tert-OH is 1. The van der Waals surface area contributed by atoms with Gasteiger partial charge in [0.15, 0.2) is 0 Å². The normalized spacial score (nSPS) is 21.9. The Balaban J connectivity index is 1.89. The summed E-state index contributed by atoms with van der Waals surface area (Å²) < 4.78 is 0. The van der Waals surface area contributed by atoms with E-state index in [1.54, 1.807) is 23.7 Å². The van der Waals surface area contributed by atoms with E-state index in [4.69, 9.17) is 0 Å². The van der Waals surface area contributed by atoms with E-state index in [9.17, 15) is 9.90 Å². The van der Waals surface area contributed by atoms with E-state index < -0.39 is 0 Å². The zero-order chi connectivity index (χ0) is 15.2. The summed E-state index contributed by atoms with van der Waals surface area (Å²) in [4.78, 5) is 15.0. The van der Waals surface area contributed by atoms with Crippen LogP contribution in [0.25, 0.3) is 0 Å². The Kier molecular flexibility index (Phi) is 5.94. The lowest BCUT2D eigenvalue weighted by molar-refractivity contribution is 0.0575. The number of thioether (sulfide) groups is 1. The van der Waals surface area contributed by atoms with Crippen LogP contribution >= 0.6 is 11.8 Å². The highest BCUT2D eigenvalue weighted by Crippen LogP contribution is 2.25. The summed E-state index contributed by atoms with van der Waals surface area (Å²) in [5, 5.41) is 12.9. The van der Waals surface area contributed by atoms with Crippen LogP contribution in [-0.4, -0.2) is 42.0 Å². The van der Waals surface area contributed by atoms with Crippen molar-refractivity contribution in [2.24, 2.45) is 5.92 Å². The van der Waals surface area contributed by atoms with Gasteiger partial charge in [-0.25, -0.2) is 4.79 Å². The first-order chi connectivity index (χ1) is 10.1. The number of amides is 2. The molecule has 1 saturated carbocycles. The fraction of sp³-hybridized carbons (Fsp3) is 0.562. The van der Waals surface area contributed by atoms with Crippen LogP contribution in [0.3, 0.4) is 0 Å². The van der Waals surface area contributed by atoms with Crippen LogP contribution in [0.2, 0.25) is 0 Å². The number of urea groups is 1. The van der Waals surface area contributed by atoms with Gasteiger partial charge < -0.3 is 15.3 Å². The second-order valence-corrected chi connectivity index (χ2v) is 6.53. The van der Waals surface area contributed by atoms with Gasteiger partial charge in [-0.2, -0.15) is 0 Å². The number of hydrogen-bond acceptors (Lipinski definition) is 3. The van der Waals surface area contributed by atoms with Gasteiger partial charge in [-0.3, -0.25) is 0 Å². The molecule has 21 heavy (non-hydrogen) atoms. The Morgan fingerprint density at radius 3 is 2.90 bits per heavy atom. The fourth-order valence-electron chi connectivity index (χ4n) is 2.76. The van der Waals surface area contributed by atoms with E-state index in [0.717, 1.165) is 36.3 Å². The molecule has 2 unspecified atom stereocenters. The Bertz CT molecular complexity index is 481. The smallest absolute Gasteiger partial charge is 0.321 e. The molecule has 2 atom stereocenters. The maximum absolute atomic E-state index is 12.2. The van der Waals surface area contributed by atoms with Crippen molar-refractivity contribution in [1.82, 2.24) is 4.90 Å². The second-order valence-electron chi connectivity index (χ2n) is 5.65. The maximum atomic E-state index is 12.2. The first-order valence-electron chi connectivity index (χ1n) is 7.44. The molecule has 1 aliphatic rings. The van der Waals surface area contributed by atoms with Gasteiger partial charge in [-0.15, -0.1) is 11.8 Å². The summed E-state index contributed by atoms with van der Waals surface area (Å²) in [7, 11) is 1.79. The Labute approximate surface area is 130 Å². The molecule has 0 bridgehead atoms. The van der Waals surface area contributed by atoms with Gasteiger partial charge in [-0.1, -0.05) is 18.9 Å². The van der Waals surface area contributed by atoms with Crippen LogP contribution in [0.4, 0.5) is 10.5 Å². The molecule has 1 aromatic rings. The quantitative estimate of drug-likeness (QED) is 0.838. The third kappa shape index (κ3) is 4.64. The largest absolute Gasteiger partial charge is 0.393 e. The summed E-state index contributed by atoms with van der Waals surface area (Å²) in [6.07, 6.45) is 5.84. The molecular formula is C16H24N2O2S. The molecule has 0 saturated heterocycles. The third-order valence-electron chi connectivity index (χ3n) is 4.05. The molecule has 0 aromatic heterocycles. The van der Waals surface area contributed by atoms with Crippen molar-refractivity contribution in [3.63, 3.8) is 0 Å². The minimum absolute atomic E-state index is 0.119. The fourth-order valence-corrected chi connectivity index (χ4v) is 3.21. The van der Waals surface area contributed by atoms with E-state index in [1.165, 1.54) is 0 Å². The minimum atomic E-state index is -0.270. The molecule has 1 aromatic carbocycles. The summed E-state index contributed by atoms with van der Waals surface area (Å²) in [5.74, 6) is 0.201. The number of rotatable bonds is 4. The number of benzene rings is 1. The predicted octanol–water partition coefficient (Wildman–Crippen LogP) is 3.42. The summed E-state index contributed by atoms with van der Waals surface area (Å²) in [5.41, 5.74) is 0.808. The van der Waals surface area contributed by atoms with E-state index in [-0.39, 0.29) is 18.1 Å². The van der Waals surface area contributed by atoms with Gasteiger partial charge in [0.05, 0.1) is 6.10 Å². The molecule has 1 fully saturated rings. The van der Waals surface area contributed by atoms with Crippen LogP contribution in [0, 0.1) is 5.92 Å². The monoisotopic (exact) mass is 308 g/mol. The molecule has 0 radical (unpaired) electrons. The molecule has 2 N–H and O–H groups in total. The summed E-state index contributed by atoms with van der Waals surface area (Å²) >= 11 is 1.65. The van der Waals surface area contributed by atoms with Gasteiger partial charge in [0, 0.05) is 30.1 Å². The van der Waals surface area contributed by atoms with E-state index in [1.807, 2.05) is 30.5 Å². The lowest BCUT2D eigenvalue weighted by Crippen LogP contribution is -2.40.